The minimum absolute atomic E-state index is 0.165. The number of pyridine rings is 1. The average molecular weight is 317 g/mol. The highest BCUT2D eigenvalue weighted by Crippen LogP contribution is 2.10. The monoisotopic (exact) mass is 317 g/mol. The predicted molar refractivity (Wildman–Crippen MR) is 80.9 cm³/mol. The normalized spacial score (nSPS) is 11.5. The molecule has 0 atom stereocenters. The third-order valence-corrected chi connectivity index (χ3v) is 4.19. The first-order valence-corrected chi connectivity index (χ1v) is 8.28. The van der Waals surface area contributed by atoms with E-state index in [0.29, 0.717) is 38.6 Å². The van der Waals surface area contributed by atoms with Crippen LogP contribution in [0.1, 0.15) is 12.8 Å². The molecule has 1 aromatic heterocycles. The molecule has 8 heteroatoms. The summed E-state index contributed by atoms with van der Waals surface area (Å²) in [7, 11) is -0.141. The van der Waals surface area contributed by atoms with Gasteiger partial charge in [0.05, 0.1) is 13.2 Å². The van der Waals surface area contributed by atoms with Crippen molar-refractivity contribution < 1.29 is 17.9 Å². The van der Waals surface area contributed by atoms with Crippen molar-refractivity contribution in [2.75, 3.05) is 45.8 Å². The Hall–Kier alpha value is -1.22. The van der Waals surface area contributed by atoms with E-state index in [1.165, 1.54) is 12.3 Å². The fraction of sp³-hybridized carbons (Fsp3) is 0.615. The molecule has 0 amide bonds. The summed E-state index contributed by atoms with van der Waals surface area (Å²) in [6.45, 7) is 2.11. The Labute approximate surface area is 126 Å². The molecular weight excluding hydrogens is 294 g/mol. The van der Waals surface area contributed by atoms with Crippen molar-refractivity contribution in [2.45, 2.75) is 17.7 Å². The van der Waals surface area contributed by atoms with Gasteiger partial charge in [-0.05, 0) is 25.0 Å². The average Bonchev–Trinajstić information content (AvgIpc) is 2.50. The van der Waals surface area contributed by atoms with Crippen molar-refractivity contribution in [3.8, 4) is 0 Å². The molecule has 0 spiro atoms. The predicted octanol–water partition coefficient (Wildman–Crippen LogP) is 0.845. The Morgan fingerprint density at radius 2 is 2.00 bits per heavy atom. The fourth-order valence-corrected chi connectivity index (χ4v) is 2.57. The Morgan fingerprint density at radius 1 is 1.19 bits per heavy atom. The minimum Gasteiger partial charge on any atom is -0.382 e. The van der Waals surface area contributed by atoms with E-state index in [-0.39, 0.29) is 4.90 Å². The maximum absolute atomic E-state index is 12.0. The van der Waals surface area contributed by atoms with E-state index in [1.54, 1.807) is 20.2 Å². The molecule has 1 rings (SSSR count). The molecule has 0 aliphatic rings. The van der Waals surface area contributed by atoms with E-state index in [2.05, 4.69) is 15.0 Å². The van der Waals surface area contributed by atoms with Crippen LogP contribution in [0.25, 0.3) is 0 Å². The third kappa shape index (κ3) is 6.85. The molecular formula is C13H23N3O4S. The van der Waals surface area contributed by atoms with Crippen LogP contribution >= 0.6 is 0 Å². The van der Waals surface area contributed by atoms with Gasteiger partial charge in [0.25, 0.3) is 0 Å². The van der Waals surface area contributed by atoms with Crippen LogP contribution in [0, 0.1) is 0 Å². The highest BCUT2D eigenvalue weighted by Gasteiger charge is 2.13. The van der Waals surface area contributed by atoms with E-state index in [1.807, 2.05) is 0 Å². The number of anilines is 1. The van der Waals surface area contributed by atoms with Crippen LogP contribution in [0.4, 0.5) is 5.82 Å². The summed E-state index contributed by atoms with van der Waals surface area (Å²) < 4.78 is 36.7. The molecule has 0 saturated carbocycles. The molecule has 7 nitrogen and oxygen atoms in total. The van der Waals surface area contributed by atoms with Gasteiger partial charge in [-0.25, -0.2) is 18.1 Å². The number of hydrogen-bond donors (Lipinski definition) is 2. The maximum atomic E-state index is 12.0. The molecule has 0 bridgehead atoms. The number of nitrogens with one attached hydrogen (secondary N) is 2. The minimum atomic E-state index is -3.49. The molecule has 0 saturated heterocycles. The van der Waals surface area contributed by atoms with Crippen LogP contribution in [0.3, 0.4) is 0 Å². The lowest BCUT2D eigenvalue weighted by molar-refractivity contribution is 0.0689. The summed E-state index contributed by atoms with van der Waals surface area (Å²) in [6.07, 6.45) is 2.85. The van der Waals surface area contributed by atoms with Crippen LogP contribution in [0.2, 0.25) is 0 Å². The molecule has 2 N–H and O–H groups in total. The van der Waals surface area contributed by atoms with Gasteiger partial charge in [0.15, 0.2) is 0 Å². The Bertz CT molecular complexity index is 491. The van der Waals surface area contributed by atoms with E-state index in [4.69, 9.17) is 9.47 Å². The lowest BCUT2D eigenvalue weighted by atomic mass is 10.3. The summed E-state index contributed by atoms with van der Waals surface area (Å²) in [4.78, 5) is 4.15. The molecule has 1 aromatic rings. The van der Waals surface area contributed by atoms with Gasteiger partial charge in [-0.15, -0.1) is 0 Å². The van der Waals surface area contributed by atoms with Crippen molar-refractivity contribution >= 4 is 15.8 Å². The molecule has 120 valence electrons. The molecule has 0 aromatic carbocycles. The topological polar surface area (TPSA) is 89.6 Å². The second kappa shape index (κ2) is 9.67. The van der Waals surface area contributed by atoms with Crippen LogP contribution in [-0.4, -0.2) is 53.9 Å². The lowest BCUT2D eigenvalue weighted by Crippen LogP contribution is -2.25. The Balaban J connectivity index is 2.26. The van der Waals surface area contributed by atoms with Crippen molar-refractivity contribution in [3.63, 3.8) is 0 Å². The van der Waals surface area contributed by atoms with Crippen molar-refractivity contribution in [1.82, 2.24) is 9.71 Å². The second-order valence-corrected chi connectivity index (χ2v) is 6.11. The van der Waals surface area contributed by atoms with E-state index < -0.39 is 10.0 Å². The lowest BCUT2D eigenvalue weighted by Gasteiger charge is -2.07. The molecule has 0 aliphatic heterocycles. The number of aromatic nitrogens is 1. The van der Waals surface area contributed by atoms with E-state index >= 15 is 0 Å². The second-order valence-electron chi connectivity index (χ2n) is 4.34. The number of hydrogen-bond acceptors (Lipinski definition) is 6. The Kier molecular flexibility index (Phi) is 8.21. The highest BCUT2D eigenvalue weighted by molar-refractivity contribution is 7.89. The highest BCUT2D eigenvalue weighted by atomic mass is 32.2. The van der Waals surface area contributed by atoms with Gasteiger partial charge >= 0.3 is 0 Å². The van der Waals surface area contributed by atoms with E-state index in [9.17, 15) is 8.42 Å². The molecule has 21 heavy (non-hydrogen) atoms. The molecule has 0 unspecified atom stereocenters. The number of ether oxygens (including phenoxy) is 2. The largest absolute Gasteiger partial charge is 0.382 e. The fourth-order valence-electron chi connectivity index (χ4n) is 1.55. The number of sulfonamides is 1. The van der Waals surface area contributed by atoms with Gasteiger partial charge in [-0.1, -0.05) is 0 Å². The zero-order valence-electron chi connectivity index (χ0n) is 12.5. The number of rotatable bonds is 11. The van der Waals surface area contributed by atoms with Gasteiger partial charge in [0.2, 0.25) is 10.0 Å². The number of unbranched alkanes of at least 4 members (excludes halogenated alkanes) is 1. The number of methoxy groups -OCH3 is 1. The number of nitrogens with zero attached hydrogens (tertiary/aromatic N) is 1. The summed E-state index contributed by atoms with van der Waals surface area (Å²) in [5.41, 5.74) is 0. The quantitative estimate of drug-likeness (QED) is 0.588. The van der Waals surface area contributed by atoms with Crippen molar-refractivity contribution in [1.29, 1.82) is 0 Å². The van der Waals surface area contributed by atoms with Crippen LogP contribution < -0.4 is 10.0 Å². The van der Waals surface area contributed by atoms with Crippen LogP contribution in [-0.2, 0) is 19.5 Å². The SMILES string of the molecule is CNc1ccc(S(=O)(=O)NCCCCOCCOC)cn1. The first-order chi connectivity index (χ1) is 10.1. The molecule has 0 radical (unpaired) electrons. The van der Waals surface area contributed by atoms with Crippen molar-refractivity contribution in [2.24, 2.45) is 0 Å². The maximum Gasteiger partial charge on any atom is 0.242 e. The summed E-state index contributed by atoms with van der Waals surface area (Å²) in [5.74, 6) is 0.627. The van der Waals surface area contributed by atoms with Gasteiger partial charge in [0, 0.05) is 33.5 Å². The summed E-state index contributed by atoms with van der Waals surface area (Å²) >= 11 is 0. The Morgan fingerprint density at radius 3 is 2.62 bits per heavy atom. The smallest absolute Gasteiger partial charge is 0.242 e. The standard InChI is InChI=1S/C13H23N3O4S/c1-14-13-6-5-12(11-15-13)21(17,18)16-7-3-4-8-20-10-9-19-2/h5-6,11,16H,3-4,7-10H2,1-2H3,(H,14,15). The molecule has 1 heterocycles. The molecule has 0 fully saturated rings. The van der Waals surface area contributed by atoms with Gasteiger partial charge in [-0.3, -0.25) is 0 Å². The van der Waals surface area contributed by atoms with Crippen LogP contribution in [0.15, 0.2) is 23.2 Å². The van der Waals surface area contributed by atoms with E-state index in [0.717, 1.165) is 6.42 Å². The zero-order valence-corrected chi connectivity index (χ0v) is 13.3. The first kappa shape index (κ1) is 17.8. The first-order valence-electron chi connectivity index (χ1n) is 6.80. The van der Waals surface area contributed by atoms with Gasteiger partial charge in [-0.2, -0.15) is 0 Å². The summed E-state index contributed by atoms with van der Waals surface area (Å²) in [5, 5.41) is 2.84. The zero-order chi connectivity index (χ0) is 15.6. The van der Waals surface area contributed by atoms with Gasteiger partial charge in [0.1, 0.15) is 10.7 Å². The van der Waals surface area contributed by atoms with Gasteiger partial charge < -0.3 is 14.8 Å². The van der Waals surface area contributed by atoms with Crippen molar-refractivity contribution in [3.05, 3.63) is 18.3 Å². The molecule has 0 aliphatic carbocycles. The summed E-state index contributed by atoms with van der Waals surface area (Å²) in [6, 6.07) is 3.15. The van der Waals surface area contributed by atoms with Crippen LogP contribution in [0.5, 0.6) is 0 Å². The third-order valence-electron chi connectivity index (χ3n) is 2.74.